The third kappa shape index (κ3) is 5.43. The maximum atomic E-state index is 3.82. The van der Waals surface area contributed by atoms with Gasteiger partial charge in [0.2, 0.25) is 0 Å². The molecule has 1 aliphatic carbocycles. The van der Waals surface area contributed by atoms with Gasteiger partial charge >= 0.3 is 0 Å². The quantitative estimate of drug-likeness (QED) is 0.678. The lowest BCUT2D eigenvalue weighted by atomic mass is 9.80. The average molecular weight is 268 g/mol. The minimum Gasteiger partial charge on any atom is -0.312 e. The van der Waals surface area contributed by atoms with Gasteiger partial charge < -0.3 is 5.32 Å². The fraction of sp³-hybridized carbons (Fsp3) is 1.00. The van der Waals surface area contributed by atoms with Gasteiger partial charge in [-0.2, -0.15) is 0 Å². The molecule has 1 rings (SSSR count). The number of nitrogens with one attached hydrogen (secondary N) is 1. The number of unbranched alkanes of at least 4 members (excludes halogenated alkanes) is 1. The van der Waals surface area contributed by atoms with Crippen LogP contribution in [0.3, 0.4) is 0 Å². The topological polar surface area (TPSA) is 15.3 Å². The van der Waals surface area contributed by atoms with Crippen molar-refractivity contribution in [1.82, 2.24) is 10.2 Å². The van der Waals surface area contributed by atoms with Gasteiger partial charge in [0.05, 0.1) is 0 Å². The number of nitrogens with zero attached hydrogens (tertiary/aromatic N) is 1. The van der Waals surface area contributed by atoms with Crippen molar-refractivity contribution >= 4 is 0 Å². The van der Waals surface area contributed by atoms with E-state index in [1.54, 1.807) is 0 Å². The molecule has 0 saturated heterocycles. The predicted octanol–water partition coefficient (Wildman–Crippen LogP) is 4.06. The van der Waals surface area contributed by atoms with E-state index in [-0.39, 0.29) is 0 Å². The molecule has 19 heavy (non-hydrogen) atoms. The lowest BCUT2D eigenvalue weighted by Crippen LogP contribution is -2.53. The highest BCUT2D eigenvalue weighted by molar-refractivity contribution is 4.90. The highest BCUT2D eigenvalue weighted by Gasteiger charge is 2.32. The Morgan fingerprint density at radius 1 is 1.05 bits per heavy atom. The molecule has 0 heterocycles. The van der Waals surface area contributed by atoms with Crippen LogP contribution in [0, 0.1) is 5.92 Å². The molecule has 0 radical (unpaired) electrons. The van der Waals surface area contributed by atoms with Crippen LogP contribution in [0.25, 0.3) is 0 Å². The van der Waals surface area contributed by atoms with Gasteiger partial charge in [0.25, 0.3) is 0 Å². The Morgan fingerprint density at radius 3 is 2.42 bits per heavy atom. The minimum atomic E-state index is 0.736. The molecular formula is C17H36N2. The summed E-state index contributed by atoms with van der Waals surface area (Å²) in [5.74, 6) is 0.959. The molecule has 1 N–H and O–H groups in total. The maximum Gasteiger partial charge on any atom is 0.0251 e. The third-order valence-electron chi connectivity index (χ3n) is 4.83. The second kappa shape index (κ2) is 9.77. The summed E-state index contributed by atoms with van der Waals surface area (Å²) in [4.78, 5) is 2.75. The molecule has 114 valence electrons. The predicted molar refractivity (Wildman–Crippen MR) is 85.7 cm³/mol. The van der Waals surface area contributed by atoms with Gasteiger partial charge in [-0.15, -0.1) is 0 Å². The summed E-state index contributed by atoms with van der Waals surface area (Å²) >= 11 is 0. The van der Waals surface area contributed by atoms with E-state index in [2.05, 4.69) is 37.9 Å². The summed E-state index contributed by atoms with van der Waals surface area (Å²) in [6, 6.07) is 1.52. The molecule has 2 heteroatoms. The van der Waals surface area contributed by atoms with Crippen molar-refractivity contribution in [3.63, 3.8) is 0 Å². The van der Waals surface area contributed by atoms with Crippen LogP contribution in [0.4, 0.5) is 0 Å². The summed E-state index contributed by atoms with van der Waals surface area (Å²) in [6.45, 7) is 13.0. The van der Waals surface area contributed by atoms with Crippen LogP contribution >= 0.6 is 0 Å². The SMILES string of the molecule is CCCCN(CC)C1CC(CC)CCC1NCCC. The number of hydrogen-bond donors (Lipinski definition) is 1. The normalized spacial score (nSPS) is 27.9. The number of hydrogen-bond acceptors (Lipinski definition) is 2. The van der Waals surface area contributed by atoms with E-state index in [0.29, 0.717) is 0 Å². The molecule has 1 saturated carbocycles. The number of rotatable bonds is 9. The van der Waals surface area contributed by atoms with Crippen LogP contribution in [0.2, 0.25) is 0 Å². The van der Waals surface area contributed by atoms with Crippen molar-refractivity contribution in [2.45, 2.75) is 84.7 Å². The Labute approximate surface area is 121 Å². The van der Waals surface area contributed by atoms with Gasteiger partial charge in [0.1, 0.15) is 0 Å². The van der Waals surface area contributed by atoms with E-state index in [4.69, 9.17) is 0 Å². The highest BCUT2D eigenvalue weighted by Crippen LogP contribution is 2.30. The van der Waals surface area contributed by atoms with Crippen molar-refractivity contribution in [3.05, 3.63) is 0 Å². The summed E-state index contributed by atoms with van der Waals surface area (Å²) < 4.78 is 0. The van der Waals surface area contributed by atoms with E-state index < -0.39 is 0 Å². The fourth-order valence-corrected chi connectivity index (χ4v) is 3.49. The first-order valence-electron chi connectivity index (χ1n) is 8.74. The molecule has 0 aliphatic heterocycles. The maximum absolute atomic E-state index is 3.82. The smallest absolute Gasteiger partial charge is 0.0251 e. The van der Waals surface area contributed by atoms with Crippen molar-refractivity contribution in [2.24, 2.45) is 5.92 Å². The van der Waals surface area contributed by atoms with Gasteiger partial charge in [-0.3, -0.25) is 4.90 Å². The molecule has 0 aromatic carbocycles. The highest BCUT2D eigenvalue weighted by atomic mass is 15.2. The molecule has 3 unspecified atom stereocenters. The molecule has 1 aliphatic rings. The van der Waals surface area contributed by atoms with Crippen LogP contribution in [-0.2, 0) is 0 Å². The molecule has 0 aromatic heterocycles. The van der Waals surface area contributed by atoms with Gasteiger partial charge in [-0.05, 0) is 57.7 Å². The van der Waals surface area contributed by atoms with E-state index in [0.717, 1.165) is 18.0 Å². The standard InChI is InChI=1S/C17H36N2/c1-5-9-13-19(8-4)17-14-15(7-3)10-11-16(17)18-12-6-2/h15-18H,5-14H2,1-4H3. The van der Waals surface area contributed by atoms with Gasteiger partial charge in [-0.25, -0.2) is 0 Å². The zero-order chi connectivity index (χ0) is 14.1. The Bertz CT molecular complexity index is 207. The van der Waals surface area contributed by atoms with E-state index >= 15 is 0 Å². The molecule has 1 fully saturated rings. The molecule has 2 nitrogen and oxygen atoms in total. The Hall–Kier alpha value is -0.0800. The first-order chi connectivity index (χ1) is 9.26. The minimum absolute atomic E-state index is 0.736. The van der Waals surface area contributed by atoms with Crippen molar-refractivity contribution in [2.75, 3.05) is 19.6 Å². The van der Waals surface area contributed by atoms with E-state index in [1.807, 2.05) is 0 Å². The molecule has 0 aromatic rings. The van der Waals surface area contributed by atoms with Crippen molar-refractivity contribution in [1.29, 1.82) is 0 Å². The fourth-order valence-electron chi connectivity index (χ4n) is 3.49. The van der Waals surface area contributed by atoms with Crippen LogP contribution in [0.1, 0.15) is 72.6 Å². The number of likely N-dealkylation sites (N-methyl/N-ethyl adjacent to an activating group) is 1. The second-order valence-electron chi connectivity index (χ2n) is 6.20. The van der Waals surface area contributed by atoms with Crippen molar-refractivity contribution < 1.29 is 0 Å². The Kier molecular flexibility index (Phi) is 8.72. The molecular weight excluding hydrogens is 232 g/mol. The van der Waals surface area contributed by atoms with Crippen LogP contribution < -0.4 is 5.32 Å². The lowest BCUT2D eigenvalue weighted by Gasteiger charge is -2.43. The second-order valence-corrected chi connectivity index (χ2v) is 6.20. The molecule has 0 spiro atoms. The van der Waals surface area contributed by atoms with E-state index in [1.165, 1.54) is 64.6 Å². The summed E-state index contributed by atoms with van der Waals surface area (Å²) in [5, 5.41) is 3.82. The zero-order valence-electron chi connectivity index (χ0n) is 13.8. The Morgan fingerprint density at radius 2 is 1.84 bits per heavy atom. The monoisotopic (exact) mass is 268 g/mol. The van der Waals surface area contributed by atoms with Gasteiger partial charge in [0, 0.05) is 12.1 Å². The average Bonchev–Trinajstić information content (AvgIpc) is 2.46. The first-order valence-corrected chi connectivity index (χ1v) is 8.74. The summed E-state index contributed by atoms with van der Waals surface area (Å²) in [5.41, 5.74) is 0. The van der Waals surface area contributed by atoms with Gasteiger partial charge in [0.15, 0.2) is 0 Å². The van der Waals surface area contributed by atoms with Gasteiger partial charge in [-0.1, -0.05) is 40.5 Å². The molecule has 0 amide bonds. The first kappa shape index (κ1) is 17.0. The summed E-state index contributed by atoms with van der Waals surface area (Å²) in [7, 11) is 0. The summed E-state index contributed by atoms with van der Waals surface area (Å²) in [6.07, 6.45) is 9.50. The van der Waals surface area contributed by atoms with Crippen LogP contribution in [-0.4, -0.2) is 36.6 Å². The molecule has 3 atom stereocenters. The van der Waals surface area contributed by atoms with Crippen LogP contribution in [0.5, 0.6) is 0 Å². The van der Waals surface area contributed by atoms with E-state index in [9.17, 15) is 0 Å². The largest absolute Gasteiger partial charge is 0.312 e. The third-order valence-corrected chi connectivity index (χ3v) is 4.83. The Balaban J connectivity index is 2.61. The van der Waals surface area contributed by atoms with Crippen LogP contribution in [0.15, 0.2) is 0 Å². The molecule has 0 bridgehead atoms. The zero-order valence-corrected chi connectivity index (χ0v) is 13.8. The lowest BCUT2D eigenvalue weighted by molar-refractivity contribution is 0.0984. The van der Waals surface area contributed by atoms with Crippen molar-refractivity contribution in [3.8, 4) is 0 Å².